The molecule has 1 fully saturated rings. The number of hydrogen-bond acceptors (Lipinski definition) is 2. The highest BCUT2D eigenvalue weighted by Gasteiger charge is 2.39. The molecule has 0 aromatic heterocycles. The molecule has 0 aliphatic heterocycles. The fourth-order valence-electron chi connectivity index (χ4n) is 2.72. The zero-order chi connectivity index (χ0) is 13.3. The van der Waals surface area contributed by atoms with E-state index in [1.807, 2.05) is 6.92 Å². The van der Waals surface area contributed by atoms with Gasteiger partial charge in [-0.1, -0.05) is 51.2 Å². The number of esters is 1. The molecule has 0 radical (unpaired) electrons. The summed E-state index contributed by atoms with van der Waals surface area (Å²) in [5, 5.41) is 0. The van der Waals surface area contributed by atoms with Crippen LogP contribution in [0.15, 0.2) is 12.2 Å². The summed E-state index contributed by atoms with van der Waals surface area (Å²) in [6, 6.07) is 0. The molecule has 2 heteroatoms. The van der Waals surface area contributed by atoms with Crippen molar-refractivity contribution in [1.82, 2.24) is 0 Å². The molecule has 18 heavy (non-hydrogen) atoms. The predicted molar refractivity (Wildman–Crippen MR) is 75.4 cm³/mol. The minimum atomic E-state index is -0.291. The maximum Gasteiger partial charge on any atom is 0.315 e. The lowest BCUT2D eigenvalue weighted by molar-refractivity contribution is -0.152. The molecule has 0 spiro atoms. The second-order valence-corrected chi connectivity index (χ2v) is 5.34. The van der Waals surface area contributed by atoms with Crippen LogP contribution in [0.2, 0.25) is 0 Å². The van der Waals surface area contributed by atoms with Crippen LogP contribution in [0.25, 0.3) is 0 Å². The van der Waals surface area contributed by atoms with Crippen LogP contribution < -0.4 is 0 Å². The van der Waals surface area contributed by atoms with Crippen LogP contribution in [0, 0.1) is 5.41 Å². The highest BCUT2D eigenvalue weighted by atomic mass is 16.5. The van der Waals surface area contributed by atoms with Crippen molar-refractivity contribution in [2.75, 3.05) is 6.61 Å². The lowest BCUT2D eigenvalue weighted by atomic mass is 9.85. The Balaban J connectivity index is 2.42. The molecule has 0 amide bonds. The standard InChI is InChI=1S/C16H28O2/c1-3-5-6-7-8-9-12-16(13-10-11-14-16)15(17)18-4-2/h9,12H,3-8,10-11,13-14H2,1-2H3/b12-9+. The van der Waals surface area contributed by atoms with Gasteiger partial charge in [0.15, 0.2) is 0 Å². The lowest BCUT2D eigenvalue weighted by Gasteiger charge is -2.22. The second kappa shape index (κ2) is 8.34. The van der Waals surface area contributed by atoms with E-state index < -0.39 is 0 Å². The molecular weight excluding hydrogens is 224 g/mol. The number of carbonyl (C=O) groups is 1. The number of unbranched alkanes of at least 4 members (excludes halogenated alkanes) is 4. The van der Waals surface area contributed by atoms with Crippen molar-refractivity contribution < 1.29 is 9.53 Å². The molecule has 0 aromatic carbocycles. The molecule has 0 bridgehead atoms. The van der Waals surface area contributed by atoms with Crippen LogP contribution in [0.3, 0.4) is 0 Å². The van der Waals surface area contributed by atoms with E-state index in [0.29, 0.717) is 6.61 Å². The van der Waals surface area contributed by atoms with Crippen LogP contribution in [-0.2, 0) is 9.53 Å². The van der Waals surface area contributed by atoms with E-state index in [1.54, 1.807) is 0 Å². The second-order valence-electron chi connectivity index (χ2n) is 5.34. The van der Waals surface area contributed by atoms with Crippen LogP contribution in [0.4, 0.5) is 0 Å². The predicted octanol–water partition coefficient (Wildman–Crippen LogP) is 4.64. The van der Waals surface area contributed by atoms with Crippen molar-refractivity contribution in [3.63, 3.8) is 0 Å². The Kier molecular flexibility index (Phi) is 7.07. The van der Waals surface area contributed by atoms with E-state index in [-0.39, 0.29) is 11.4 Å². The van der Waals surface area contributed by atoms with Gasteiger partial charge in [0.05, 0.1) is 12.0 Å². The van der Waals surface area contributed by atoms with Gasteiger partial charge < -0.3 is 4.74 Å². The van der Waals surface area contributed by atoms with E-state index in [9.17, 15) is 4.79 Å². The molecule has 1 aliphatic carbocycles. The van der Waals surface area contributed by atoms with Gasteiger partial charge in [0.1, 0.15) is 0 Å². The topological polar surface area (TPSA) is 26.3 Å². The smallest absolute Gasteiger partial charge is 0.315 e. The van der Waals surface area contributed by atoms with Crippen molar-refractivity contribution in [3.05, 3.63) is 12.2 Å². The largest absolute Gasteiger partial charge is 0.465 e. The van der Waals surface area contributed by atoms with Crippen LogP contribution in [0.5, 0.6) is 0 Å². The number of hydrogen-bond donors (Lipinski definition) is 0. The van der Waals surface area contributed by atoms with Crippen LogP contribution >= 0.6 is 0 Å². The van der Waals surface area contributed by atoms with Gasteiger partial charge in [0, 0.05) is 0 Å². The Morgan fingerprint density at radius 2 is 1.89 bits per heavy atom. The zero-order valence-corrected chi connectivity index (χ0v) is 12.0. The molecule has 1 rings (SSSR count). The molecule has 0 saturated heterocycles. The van der Waals surface area contributed by atoms with E-state index in [0.717, 1.165) is 32.1 Å². The average molecular weight is 252 g/mol. The normalized spacial score (nSPS) is 18.3. The maximum absolute atomic E-state index is 12.1. The van der Waals surface area contributed by atoms with Gasteiger partial charge in [-0.2, -0.15) is 0 Å². The summed E-state index contributed by atoms with van der Waals surface area (Å²) in [7, 11) is 0. The van der Waals surface area contributed by atoms with Gasteiger partial charge in [-0.05, 0) is 32.6 Å². The Labute approximate surface area is 112 Å². The molecule has 0 N–H and O–H groups in total. The van der Waals surface area contributed by atoms with Gasteiger partial charge in [-0.25, -0.2) is 0 Å². The summed E-state index contributed by atoms with van der Waals surface area (Å²) in [6.45, 7) is 4.60. The highest BCUT2D eigenvalue weighted by Crippen LogP contribution is 2.40. The molecule has 2 nitrogen and oxygen atoms in total. The van der Waals surface area contributed by atoms with Crippen molar-refractivity contribution in [1.29, 1.82) is 0 Å². The molecule has 0 aromatic rings. The van der Waals surface area contributed by atoms with E-state index in [2.05, 4.69) is 19.1 Å². The minimum Gasteiger partial charge on any atom is -0.465 e. The van der Waals surface area contributed by atoms with Gasteiger partial charge in [0.25, 0.3) is 0 Å². The third-order valence-electron chi connectivity index (χ3n) is 3.84. The fourth-order valence-corrected chi connectivity index (χ4v) is 2.72. The molecule has 1 aliphatic rings. The molecule has 1 saturated carbocycles. The number of allylic oxidation sites excluding steroid dienone is 1. The minimum absolute atomic E-state index is 0.00712. The van der Waals surface area contributed by atoms with Crippen molar-refractivity contribution in [2.24, 2.45) is 5.41 Å². The first-order chi connectivity index (χ1) is 8.75. The summed E-state index contributed by atoms with van der Waals surface area (Å²) < 4.78 is 5.23. The van der Waals surface area contributed by atoms with E-state index in [4.69, 9.17) is 4.74 Å². The Hall–Kier alpha value is -0.790. The molecule has 0 heterocycles. The average Bonchev–Trinajstić information content (AvgIpc) is 2.84. The summed E-state index contributed by atoms with van der Waals surface area (Å²) in [6.07, 6.45) is 14.8. The highest BCUT2D eigenvalue weighted by molar-refractivity contribution is 5.79. The van der Waals surface area contributed by atoms with Crippen molar-refractivity contribution >= 4 is 5.97 Å². The summed E-state index contributed by atoms with van der Waals surface area (Å²) >= 11 is 0. The maximum atomic E-state index is 12.1. The lowest BCUT2D eigenvalue weighted by Crippen LogP contribution is -2.28. The number of rotatable bonds is 8. The Morgan fingerprint density at radius 3 is 2.50 bits per heavy atom. The monoisotopic (exact) mass is 252 g/mol. The van der Waals surface area contributed by atoms with Crippen LogP contribution in [0.1, 0.15) is 71.6 Å². The first-order valence-corrected chi connectivity index (χ1v) is 7.60. The summed E-state index contributed by atoms with van der Waals surface area (Å²) in [5.74, 6) is -0.00712. The van der Waals surface area contributed by atoms with Crippen molar-refractivity contribution in [3.8, 4) is 0 Å². The fraction of sp³-hybridized carbons (Fsp3) is 0.812. The van der Waals surface area contributed by atoms with Crippen molar-refractivity contribution in [2.45, 2.75) is 71.6 Å². The third kappa shape index (κ3) is 4.47. The van der Waals surface area contributed by atoms with E-state index >= 15 is 0 Å². The molecule has 0 atom stereocenters. The quantitative estimate of drug-likeness (QED) is 0.357. The van der Waals surface area contributed by atoms with Gasteiger partial charge in [-0.3, -0.25) is 4.79 Å². The number of ether oxygens (including phenoxy) is 1. The van der Waals surface area contributed by atoms with Gasteiger partial charge in [0.2, 0.25) is 0 Å². The van der Waals surface area contributed by atoms with E-state index in [1.165, 1.54) is 25.7 Å². The van der Waals surface area contributed by atoms with Crippen LogP contribution in [-0.4, -0.2) is 12.6 Å². The zero-order valence-electron chi connectivity index (χ0n) is 12.0. The third-order valence-corrected chi connectivity index (χ3v) is 3.84. The Morgan fingerprint density at radius 1 is 1.17 bits per heavy atom. The SMILES string of the molecule is CCCCCC/C=C/C1(C(=O)OCC)CCCC1. The Bertz CT molecular complexity index is 262. The molecule has 104 valence electrons. The van der Waals surface area contributed by atoms with Gasteiger partial charge in [-0.15, -0.1) is 0 Å². The van der Waals surface area contributed by atoms with Gasteiger partial charge >= 0.3 is 5.97 Å². The number of carbonyl (C=O) groups excluding carboxylic acids is 1. The first kappa shape index (κ1) is 15.3. The summed E-state index contributed by atoms with van der Waals surface area (Å²) in [5.41, 5.74) is -0.291. The molecule has 0 unspecified atom stereocenters. The molecular formula is C16H28O2. The summed E-state index contributed by atoms with van der Waals surface area (Å²) in [4.78, 5) is 12.1. The first-order valence-electron chi connectivity index (χ1n) is 7.60.